The molecule has 0 fully saturated rings. The summed E-state index contributed by atoms with van der Waals surface area (Å²) >= 11 is 0. The van der Waals surface area contributed by atoms with E-state index in [0.29, 0.717) is 22.3 Å². The Hall–Kier alpha value is -4.84. The average Bonchev–Trinajstić information content (AvgIpc) is 3.02. The predicted molar refractivity (Wildman–Crippen MR) is 183 cm³/mol. The van der Waals surface area contributed by atoms with Gasteiger partial charge in [-0.25, -0.2) is 9.59 Å². The molecule has 224 valence electrons. The normalized spacial score (nSPS) is 11.5. The van der Waals surface area contributed by atoms with Gasteiger partial charge in [-0.3, -0.25) is 0 Å². The smallest absolute Gasteiger partial charge is 0.344 e. The Labute approximate surface area is 257 Å². The lowest BCUT2D eigenvalue weighted by Gasteiger charge is -2.21. The van der Waals surface area contributed by atoms with Crippen LogP contribution in [0.3, 0.4) is 0 Å². The summed E-state index contributed by atoms with van der Waals surface area (Å²) in [6.45, 7) is 15.9. The molecule has 0 unspecified atom stereocenters. The molecule has 0 bridgehead atoms. The molecule has 0 aliphatic rings. The van der Waals surface area contributed by atoms with E-state index in [-0.39, 0.29) is 11.3 Å². The lowest BCUT2D eigenvalue weighted by Crippen LogP contribution is -2.21. The van der Waals surface area contributed by atoms with Crippen LogP contribution in [-0.2, 0) is 0 Å². The highest BCUT2D eigenvalue weighted by Gasteiger charge is 2.18. The minimum atomic E-state index is -0.364. The molecule has 0 saturated heterocycles. The van der Waals surface area contributed by atoms with Crippen molar-refractivity contribution in [2.24, 2.45) is 0 Å². The van der Waals surface area contributed by atoms with Gasteiger partial charge in [-0.2, -0.15) is 0 Å². The zero-order valence-electron chi connectivity index (χ0n) is 26.3. The van der Waals surface area contributed by atoms with Gasteiger partial charge >= 0.3 is 11.3 Å². The van der Waals surface area contributed by atoms with E-state index in [9.17, 15) is 9.59 Å². The number of fused-ring (bicyclic) bond motifs is 3. The maximum absolute atomic E-state index is 13.4. The zero-order chi connectivity index (χ0) is 31.1. The van der Waals surface area contributed by atoms with Crippen molar-refractivity contribution in [2.45, 2.75) is 41.5 Å². The SMILES string of the molecule is CCN(CC)c1ccc2c(C)c(-c3ccc4ccc(-c5c(C)c6ccc(N(CC)CC)cc6oc5=O)cc4c3)c(=O)oc2c1. The summed E-state index contributed by atoms with van der Waals surface area (Å²) in [5, 5.41) is 3.76. The van der Waals surface area contributed by atoms with Gasteiger partial charge in [0.1, 0.15) is 11.2 Å². The molecule has 6 aromatic rings. The van der Waals surface area contributed by atoms with Gasteiger partial charge in [0, 0.05) is 60.5 Å². The van der Waals surface area contributed by atoms with E-state index in [1.54, 1.807) is 0 Å². The molecule has 2 heterocycles. The molecule has 2 aromatic heterocycles. The van der Waals surface area contributed by atoms with Gasteiger partial charge < -0.3 is 18.6 Å². The molecule has 0 radical (unpaired) electrons. The lowest BCUT2D eigenvalue weighted by atomic mass is 9.94. The molecule has 0 saturated carbocycles. The Bertz CT molecular complexity index is 2000. The molecule has 0 spiro atoms. The minimum absolute atomic E-state index is 0.364. The number of anilines is 2. The summed E-state index contributed by atoms with van der Waals surface area (Å²) in [6.07, 6.45) is 0. The average molecular weight is 587 g/mol. The molecule has 6 rings (SSSR count). The van der Waals surface area contributed by atoms with E-state index in [1.807, 2.05) is 74.5 Å². The van der Waals surface area contributed by atoms with Gasteiger partial charge in [0.15, 0.2) is 0 Å². The van der Waals surface area contributed by atoms with Gasteiger partial charge in [-0.05, 0) is 111 Å². The summed E-state index contributed by atoms with van der Waals surface area (Å²) in [4.78, 5) is 31.2. The zero-order valence-corrected chi connectivity index (χ0v) is 26.3. The summed E-state index contributed by atoms with van der Waals surface area (Å²) in [5.41, 5.74) is 6.94. The number of hydrogen-bond acceptors (Lipinski definition) is 6. The van der Waals surface area contributed by atoms with Crippen molar-refractivity contribution in [3.63, 3.8) is 0 Å². The van der Waals surface area contributed by atoms with Gasteiger partial charge in [0.05, 0.1) is 11.1 Å². The topological polar surface area (TPSA) is 66.9 Å². The number of aryl methyl sites for hydroxylation is 2. The van der Waals surface area contributed by atoms with Crippen LogP contribution in [0.25, 0.3) is 55.0 Å². The fourth-order valence-electron chi connectivity index (χ4n) is 6.49. The summed E-state index contributed by atoms with van der Waals surface area (Å²) in [6, 6.07) is 24.1. The Kier molecular flexibility index (Phi) is 7.76. The van der Waals surface area contributed by atoms with Crippen molar-refractivity contribution in [1.29, 1.82) is 0 Å². The quantitative estimate of drug-likeness (QED) is 0.166. The van der Waals surface area contributed by atoms with Gasteiger partial charge in [0.25, 0.3) is 0 Å². The second kappa shape index (κ2) is 11.7. The highest BCUT2D eigenvalue weighted by Crippen LogP contribution is 2.34. The molecule has 0 aliphatic carbocycles. The van der Waals surface area contributed by atoms with Crippen molar-refractivity contribution in [2.75, 3.05) is 36.0 Å². The predicted octanol–water partition coefficient (Wildman–Crippen LogP) is 8.70. The van der Waals surface area contributed by atoms with Crippen LogP contribution in [0, 0.1) is 13.8 Å². The number of benzene rings is 4. The Balaban J connectivity index is 1.45. The van der Waals surface area contributed by atoms with Crippen LogP contribution in [0.1, 0.15) is 38.8 Å². The molecular weight excluding hydrogens is 548 g/mol. The van der Waals surface area contributed by atoms with E-state index in [4.69, 9.17) is 8.83 Å². The van der Waals surface area contributed by atoms with Crippen molar-refractivity contribution < 1.29 is 8.83 Å². The van der Waals surface area contributed by atoms with Crippen LogP contribution in [0.2, 0.25) is 0 Å². The van der Waals surface area contributed by atoms with Crippen molar-refractivity contribution in [3.8, 4) is 22.3 Å². The largest absolute Gasteiger partial charge is 0.422 e. The molecule has 0 aliphatic heterocycles. The van der Waals surface area contributed by atoms with Crippen LogP contribution in [0.5, 0.6) is 0 Å². The van der Waals surface area contributed by atoms with E-state index in [0.717, 1.165) is 81.4 Å². The summed E-state index contributed by atoms with van der Waals surface area (Å²) in [5.74, 6) is 0. The van der Waals surface area contributed by atoms with Crippen LogP contribution >= 0.6 is 0 Å². The van der Waals surface area contributed by atoms with Gasteiger partial charge in [0.2, 0.25) is 0 Å². The minimum Gasteiger partial charge on any atom is -0.422 e. The van der Waals surface area contributed by atoms with Crippen LogP contribution < -0.4 is 21.1 Å². The molecule has 0 amide bonds. The lowest BCUT2D eigenvalue weighted by molar-refractivity contribution is 0.562. The van der Waals surface area contributed by atoms with Crippen molar-refractivity contribution in [1.82, 2.24) is 0 Å². The Morgan fingerprint density at radius 2 is 0.932 bits per heavy atom. The van der Waals surface area contributed by atoms with Crippen LogP contribution in [0.15, 0.2) is 91.2 Å². The third-order valence-electron chi connectivity index (χ3n) is 8.98. The molecule has 4 aromatic carbocycles. The van der Waals surface area contributed by atoms with E-state index in [1.165, 1.54) is 0 Å². The third kappa shape index (κ3) is 4.94. The first-order valence-electron chi connectivity index (χ1n) is 15.5. The van der Waals surface area contributed by atoms with Crippen LogP contribution in [-0.4, -0.2) is 26.2 Å². The summed E-state index contributed by atoms with van der Waals surface area (Å²) in [7, 11) is 0. The van der Waals surface area contributed by atoms with Crippen molar-refractivity contribution >= 4 is 44.1 Å². The fourth-order valence-corrected chi connectivity index (χ4v) is 6.49. The highest BCUT2D eigenvalue weighted by molar-refractivity contribution is 5.95. The second-order valence-electron chi connectivity index (χ2n) is 11.3. The number of nitrogens with zero attached hydrogens (tertiary/aromatic N) is 2. The molecule has 44 heavy (non-hydrogen) atoms. The first-order valence-corrected chi connectivity index (χ1v) is 15.5. The van der Waals surface area contributed by atoms with E-state index < -0.39 is 0 Å². The maximum Gasteiger partial charge on any atom is 0.344 e. The molecular formula is C38H38N2O4. The first-order chi connectivity index (χ1) is 21.3. The molecule has 6 nitrogen and oxygen atoms in total. The number of rotatable bonds is 8. The molecule has 0 N–H and O–H groups in total. The van der Waals surface area contributed by atoms with E-state index in [2.05, 4.69) is 49.6 Å². The Morgan fingerprint density at radius 3 is 1.32 bits per heavy atom. The highest BCUT2D eigenvalue weighted by atomic mass is 16.4. The van der Waals surface area contributed by atoms with E-state index >= 15 is 0 Å². The summed E-state index contributed by atoms with van der Waals surface area (Å²) < 4.78 is 11.8. The first kappa shape index (κ1) is 29.2. The Morgan fingerprint density at radius 1 is 0.523 bits per heavy atom. The fraction of sp³-hybridized carbons (Fsp3) is 0.263. The number of hydrogen-bond donors (Lipinski definition) is 0. The van der Waals surface area contributed by atoms with Gasteiger partial charge in [-0.1, -0.05) is 24.3 Å². The second-order valence-corrected chi connectivity index (χ2v) is 11.3. The van der Waals surface area contributed by atoms with Crippen LogP contribution in [0.4, 0.5) is 11.4 Å². The standard InChI is InChI=1S/C38H38N2O4/c1-7-39(8-2)29-15-17-31-23(5)35(37(41)43-33(31)21-29)26-13-11-25-12-14-27(20-28(25)19-26)36-24(6)32-18-16-30(40(9-3)10-4)22-34(32)44-38(36)42/h11-22H,7-10H2,1-6H3. The molecule has 0 atom stereocenters. The van der Waals surface area contributed by atoms with Gasteiger partial charge in [-0.15, -0.1) is 0 Å². The monoisotopic (exact) mass is 586 g/mol. The molecule has 6 heteroatoms. The maximum atomic E-state index is 13.4. The van der Waals surface area contributed by atoms with Crippen molar-refractivity contribution in [3.05, 3.63) is 105 Å². The third-order valence-corrected chi connectivity index (χ3v) is 8.98.